The molecular formula is C19H20N2S. The number of thiocarbonyl (C=S) groups is 1. The predicted molar refractivity (Wildman–Crippen MR) is 98.6 cm³/mol. The van der Waals surface area contributed by atoms with Gasteiger partial charge in [-0.3, -0.25) is 0 Å². The molecule has 1 aliphatic rings. The lowest BCUT2D eigenvalue weighted by Crippen LogP contribution is -2.24. The van der Waals surface area contributed by atoms with Crippen LogP contribution in [0.2, 0.25) is 0 Å². The third-order valence-corrected chi connectivity index (χ3v) is 4.47. The smallest absolute Gasteiger partial charge is 0.105 e. The van der Waals surface area contributed by atoms with Crippen molar-refractivity contribution in [1.29, 1.82) is 0 Å². The highest BCUT2D eigenvalue weighted by Crippen LogP contribution is 2.46. The van der Waals surface area contributed by atoms with Gasteiger partial charge in [-0.05, 0) is 29.8 Å². The Hall–Kier alpha value is -2.13. The van der Waals surface area contributed by atoms with Crippen LogP contribution in [0.5, 0.6) is 0 Å². The van der Waals surface area contributed by atoms with Crippen LogP contribution < -0.4 is 10.2 Å². The molecule has 0 atom stereocenters. The van der Waals surface area contributed by atoms with Crippen molar-refractivity contribution in [2.45, 2.75) is 19.3 Å². The number of nitrogens with zero attached hydrogens (tertiary/aromatic N) is 1. The molecule has 0 amide bonds. The summed E-state index contributed by atoms with van der Waals surface area (Å²) in [6.07, 6.45) is 2.07. The highest BCUT2D eigenvalue weighted by atomic mass is 32.1. The number of hydrogen-bond donors (Lipinski definition) is 1. The van der Waals surface area contributed by atoms with E-state index in [9.17, 15) is 0 Å². The van der Waals surface area contributed by atoms with Crippen molar-refractivity contribution in [3.8, 4) is 0 Å². The van der Waals surface area contributed by atoms with Crippen LogP contribution in [-0.2, 0) is 5.41 Å². The molecule has 0 bridgehead atoms. The Bertz CT molecular complexity index is 732. The molecule has 112 valence electrons. The van der Waals surface area contributed by atoms with Crippen molar-refractivity contribution >= 4 is 28.6 Å². The molecule has 0 aliphatic carbocycles. The predicted octanol–water partition coefficient (Wildman–Crippen LogP) is 4.74. The van der Waals surface area contributed by atoms with Crippen LogP contribution in [0.25, 0.3) is 0 Å². The number of para-hydroxylation sites is 2. The highest BCUT2D eigenvalue weighted by Gasteiger charge is 2.38. The van der Waals surface area contributed by atoms with Crippen molar-refractivity contribution in [1.82, 2.24) is 0 Å². The van der Waals surface area contributed by atoms with Crippen molar-refractivity contribution in [3.63, 3.8) is 0 Å². The van der Waals surface area contributed by atoms with Gasteiger partial charge in [-0.15, -0.1) is 0 Å². The van der Waals surface area contributed by atoms with Gasteiger partial charge in [0, 0.05) is 29.5 Å². The fourth-order valence-corrected chi connectivity index (χ4v) is 3.31. The minimum atomic E-state index is -0.0478. The first kappa shape index (κ1) is 14.8. The van der Waals surface area contributed by atoms with Crippen LogP contribution in [-0.4, -0.2) is 12.0 Å². The number of rotatable bonds is 2. The molecule has 3 rings (SSSR count). The Balaban J connectivity index is 1.90. The number of nitrogens with one attached hydrogen (secondary N) is 1. The topological polar surface area (TPSA) is 15.3 Å². The molecular weight excluding hydrogens is 288 g/mol. The van der Waals surface area contributed by atoms with Crippen LogP contribution in [0.1, 0.15) is 19.4 Å². The summed E-state index contributed by atoms with van der Waals surface area (Å²) in [7, 11) is 2.10. The average molecular weight is 308 g/mol. The van der Waals surface area contributed by atoms with Gasteiger partial charge in [0.05, 0.1) is 0 Å². The van der Waals surface area contributed by atoms with Crippen LogP contribution in [0.4, 0.5) is 11.4 Å². The first-order chi connectivity index (χ1) is 10.5. The number of allylic oxidation sites excluding steroid dienone is 1. The maximum absolute atomic E-state index is 5.52. The molecule has 22 heavy (non-hydrogen) atoms. The average Bonchev–Trinajstić information content (AvgIpc) is 2.70. The standard InChI is InChI=1S/C19H20N2S/c1-19(2)15-11-7-8-12-16(15)21(3)17(19)13-18(22)20-14-9-5-4-6-10-14/h4-13H,1-3H3,(H,20,22). The van der Waals surface area contributed by atoms with Gasteiger partial charge in [0.2, 0.25) is 0 Å². The highest BCUT2D eigenvalue weighted by molar-refractivity contribution is 7.81. The van der Waals surface area contributed by atoms with E-state index in [0.717, 1.165) is 10.7 Å². The van der Waals surface area contributed by atoms with E-state index in [1.807, 2.05) is 30.3 Å². The largest absolute Gasteiger partial charge is 0.347 e. The fraction of sp³-hybridized carbons (Fsp3) is 0.211. The summed E-state index contributed by atoms with van der Waals surface area (Å²) >= 11 is 5.52. The zero-order valence-electron chi connectivity index (χ0n) is 13.1. The van der Waals surface area contributed by atoms with Gasteiger partial charge in [-0.25, -0.2) is 0 Å². The minimum Gasteiger partial charge on any atom is -0.347 e. The van der Waals surface area contributed by atoms with E-state index in [-0.39, 0.29) is 5.41 Å². The van der Waals surface area contributed by atoms with Gasteiger partial charge in [-0.1, -0.05) is 62.5 Å². The first-order valence-corrected chi connectivity index (χ1v) is 7.82. The van der Waals surface area contributed by atoms with E-state index < -0.39 is 0 Å². The maximum Gasteiger partial charge on any atom is 0.105 e. The van der Waals surface area contributed by atoms with Crippen molar-refractivity contribution in [3.05, 3.63) is 71.9 Å². The van der Waals surface area contributed by atoms with Crippen LogP contribution in [0.3, 0.4) is 0 Å². The Labute approximate surface area is 137 Å². The molecule has 0 saturated heterocycles. The summed E-state index contributed by atoms with van der Waals surface area (Å²) in [6, 6.07) is 18.6. The lowest BCUT2D eigenvalue weighted by molar-refractivity contribution is 0.641. The summed E-state index contributed by atoms with van der Waals surface area (Å²) in [5, 5.41) is 3.28. The number of hydrogen-bond acceptors (Lipinski definition) is 2. The monoisotopic (exact) mass is 308 g/mol. The number of fused-ring (bicyclic) bond motifs is 1. The summed E-state index contributed by atoms with van der Waals surface area (Å²) in [4.78, 5) is 2.96. The number of likely N-dealkylation sites (N-methyl/N-ethyl adjacent to an activating group) is 1. The van der Waals surface area contributed by atoms with E-state index in [0.29, 0.717) is 0 Å². The number of benzene rings is 2. The van der Waals surface area contributed by atoms with Gasteiger partial charge >= 0.3 is 0 Å². The van der Waals surface area contributed by atoms with Crippen molar-refractivity contribution in [2.75, 3.05) is 17.3 Å². The first-order valence-electron chi connectivity index (χ1n) is 7.41. The second-order valence-corrected chi connectivity index (χ2v) is 6.53. The molecule has 2 aromatic rings. The molecule has 0 spiro atoms. The minimum absolute atomic E-state index is 0.0478. The molecule has 1 aliphatic heterocycles. The van der Waals surface area contributed by atoms with Gasteiger partial charge < -0.3 is 10.2 Å². The number of anilines is 2. The zero-order chi connectivity index (χ0) is 15.7. The molecule has 0 saturated carbocycles. The molecule has 0 aromatic heterocycles. The van der Waals surface area contributed by atoms with Gasteiger partial charge in [0.25, 0.3) is 0 Å². The Morgan fingerprint density at radius 3 is 2.36 bits per heavy atom. The third-order valence-electron chi connectivity index (χ3n) is 4.25. The normalized spacial score (nSPS) is 17.4. The van der Waals surface area contributed by atoms with Crippen LogP contribution in [0, 0.1) is 0 Å². The molecule has 3 heteroatoms. The maximum atomic E-state index is 5.52. The van der Waals surface area contributed by atoms with E-state index >= 15 is 0 Å². The molecule has 1 N–H and O–H groups in total. The molecule has 2 aromatic carbocycles. The van der Waals surface area contributed by atoms with E-state index in [1.54, 1.807) is 0 Å². The third kappa shape index (κ3) is 2.53. The van der Waals surface area contributed by atoms with Gasteiger partial charge in [0.1, 0.15) is 4.99 Å². The Morgan fingerprint density at radius 2 is 1.68 bits per heavy atom. The lowest BCUT2D eigenvalue weighted by Gasteiger charge is -2.24. The molecule has 0 radical (unpaired) electrons. The molecule has 0 fully saturated rings. The lowest BCUT2D eigenvalue weighted by atomic mass is 9.84. The summed E-state index contributed by atoms with van der Waals surface area (Å²) in [5.41, 5.74) is 4.77. The second kappa shape index (κ2) is 5.58. The fourth-order valence-electron chi connectivity index (χ4n) is 3.08. The quantitative estimate of drug-likeness (QED) is 0.637. The SMILES string of the molecule is CN1C(=CC(=S)Nc2ccccc2)C(C)(C)c2ccccc21. The molecule has 2 nitrogen and oxygen atoms in total. The Morgan fingerprint density at radius 1 is 1.05 bits per heavy atom. The summed E-state index contributed by atoms with van der Waals surface area (Å²) < 4.78 is 0. The van der Waals surface area contributed by atoms with Gasteiger partial charge in [-0.2, -0.15) is 0 Å². The molecule has 0 unspecified atom stereocenters. The van der Waals surface area contributed by atoms with E-state index in [4.69, 9.17) is 12.2 Å². The zero-order valence-corrected chi connectivity index (χ0v) is 13.9. The molecule has 1 heterocycles. The van der Waals surface area contributed by atoms with E-state index in [2.05, 4.69) is 61.5 Å². The van der Waals surface area contributed by atoms with E-state index in [1.165, 1.54) is 16.9 Å². The van der Waals surface area contributed by atoms with Gasteiger partial charge in [0.15, 0.2) is 0 Å². The summed E-state index contributed by atoms with van der Waals surface area (Å²) in [6.45, 7) is 4.48. The van der Waals surface area contributed by atoms with Crippen LogP contribution in [0.15, 0.2) is 66.4 Å². The van der Waals surface area contributed by atoms with Crippen LogP contribution >= 0.6 is 12.2 Å². The van der Waals surface area contributed by atoms with Crippen molar-refractivity contribution < 1.29 is 0 Å². The Kier molecular flexibility index (Phi) is 3.75. The summed E-state index contributed by atoms with van der Waals surface area (Å²) in [5.74, 6) is 0. The second-order valence-electron chi connectivity index (χ2n) is 6.09. The van der Waals surface area contributed by atoms with Crippen molar-refractivity contribution in [2.24, 2.45) is 0 Å².